The summed E-state index contributed by atoms with van der Waals surface area (Å²) in [6, 6.07) is 0.407. The van der Waals surface area contributed by atoms with Crippen molar-refractivity contribution in [2.45, 2.75) is 19.6 Å². The van der Waals surface area contributed by atoms with Gasteiger partial charge in [-0.3, -0.25) is 0 Å². The maximum atomic E-state index is 9.09. The molecule has 0 aliphatic heterocycles. The summed E-state index contributed by atoms with van der Waals surface area (Å²) >= 11 is 0. The lowest BCUT2D eigenvalue weighted by Crippen LogP contribution is -2.27. The highest BCUT2D eigenvalue weighted by Gasteiger charge is 2.09. The number of rotatable bonds is 4. The van der Waals surface area contributed by atoms with Crippen LogP contribution in [0.4, 0.5) is 6.01 Å². The first-order chi connectivity index (χ1) is 6.13. The molecule has 1 heterocycles. The molecule has 0 aliphatic rings. The van der Waals surface area contributed by atoms with Gasteiger partial charge in [0, 0.05) is 13.6 Å². The molecule has 1 atom stereocenters. The summed E-state index contributed by atoms with van der Waals surface area (Å²) in [5.41, 5.74) is 0.493. The Morgan fingerprint density at radius 2 is 2.38 bits per heavy atom. The molecule has 5 nitrogen and oxygen atoms in total. The average Bonchev–Trinajstić information content (AvgIpc) is 2.50. The Balaban J connectivity index is 2.60. The van der Waals surface area contributed by atoms with Gasteiger partial charge in [-0.05, 0) is 6.92 Å². The van der Waals surface area contributed by atoms with Crippen LogP contribution >= 0.6 is 0 Å². The quantitative estimate of drug-likeness (QED) is 0.691. The lowest BCUT2D eigenvalue weighted by molar-refractivity contribution is 0.200. The third kappa shape index (κ3) is 2.71. The molecule has 0 aliphatic carbocycles. The first-order valence-corrected chi connectivity index (χ1v) is 4.08. The number of aromatic nitrogens is 1. The van der Waals surface area contributed by atoms with E-state index in [1.807, 2.05) is 0 Å². The molecule has 0 bridgehead atoms. The number of hydrogen-bond acceptors (Lipinski definition) is 5. The number of hydrogen-bond donors (Lipinski definition) is 2. The van der Waals surface area contributed by atoms with E-state index in [0.29, 0.717) is 18.3 Å². The Morgan fingerprint density at radius 1 is 1.69 bits per heavy atom. The minimum atomic E-state index is -0.436. The Hall–Kier alpha value is -1.07. The van der Waals surface area contributed by atoms with E-state index in [9.17, 15) is 0 Å². The van der Waals surface area contributed by atoms with Crippen LogP contribution in [0.15, 0.2) is 10.7 Å². The van der Waals surface area contributed by atoms with E-state index in [2.05, 4.69) is 4.98 Å². The molecule has 0 spiro atoms. The minimum absolute atomic E-state index is 0.133. The van der Waals surface area contributed by atoms with Crippen LogP contribution < -0.4 is 4.90 Å². The number of anilines is 1. The molecule has 0 saturated carbocycles. The molecule has 0 amide bonds. The van der Waals surface area contributed by atoms with Crippen LogP contribution in [0.3, 0.4) is 0 Å². The highest BCUT2D eigenvalue weighted by atomic mass is 16.4. The maximum absolute atomic E-state index is 9.09. The van der Waals surface area contributed by atoms with E-state index >= 15 is 0 Å². The maximum Gasteiger partial charge on any atom is 0.297 e. The predicted molar refractivity (Wildman–Crippen MR) is 47.4 cm³/mol. The summed E-state index contributed by atoms with van der Waals surface area (Å²) < 4.78 is 5.06. The zero-order chi connectivity index (χ0) is 9.84. The van der Waals surface area contributed by atoms with Crippen LogP contribution in [0, 0.1) is 0 Å². The van der Waals surface area contributed by atoms with Gasteiger partial charge in [0.1, 0.15) is 12.0 Å². The summed E-state index contributed by atoms with van der Waals surface area (Å²) in [7, 11) is 1.76. The second kappa shape index (κ2) is 4.25. The van der Waals surface area contributed by atoms with Crippen molar-refractivity contribution in [2.75, 3.05) is 18.5 Å². The Bertz CT molecular complexity index is 260. The highest BCUT2D eigenvalue weighted by Crippen LogP contribution is 2.11. The van der Waals surface area contributed by atoms with E-state index in [0.717, 1.165) is 0 Å². The van der Waals surface area contributed by atoms with Gasteiger partial charge in [0.2, 0.25) is 0 Å². The van der Waals surface area contributed by atoms with Crippen molar-refractivity contribution in [3.63, 3.8) is 0 Å². The molecule has 0 saturated heterocycles. The second-order valence-electron chi connectivity index (χ2n) is 3.01. The van der Waals surface area contributed by atoms with Crippen molar-refractivity contribution in [3.8, 4) is 0 Å². The first-order valence-electron chi connectivity index (χ1n) is 4.08. The van der Waals surface area contributed by atoms with Crippen LogP contribution in [-0.4, -0.2) is 34.9 Å². The molecule has 0 aromatic carbocycles. The van der Waals surface area contributed by atoms with E-state index in [1.54, 1.807) is 18.9 Å². The third-order valence-corrected chi connectivity index (χ3v) is 1.57. The van der Waals surface area contributed by atoms with E-state index in [1.165, 1.54) is 6.26 Å². The van der Waals surface area contributed by atoms with Crippen molar-refractivity contribution in [3.05, 3.63) is 12.0 Å². The molecule has 74 valence electrons. The molecule has 13 heavy (non-hydrogen) atoms. The van der Waals surface area contributed by atoms with Gasteiger partial charge in [0.25, 0.3) is 6.01 Å². The molecule has 5 heteroatoms. The molecule has 0 fully saturated rings. The van der Waals surface area contributed by atoms with Gasteiger partial charge in [0.05, 0.1) is 12.7 Å². The summed E-state index contributed by atoms with van der Waals surface area (Å²) in [4.78, 5) is 5.66. The number of aliphatic hydroxyl groups is 2. The normalized spacial score (nSPS) is 12.9. The van der Waals surface area contributed by atoms with Crippen molar-refractivity contribution in [2.24, 2.45) is 0 Å². The lowest BCUT2D eigenvalue weighted by atomic mass is 10.4. The van der Waals surface area contributed by atoms with E-state index in [-0.39, 0.29) is 6.61 Å². The van der Waals surface area contributed by atoms with Gasteiger partial charge in [0.15, 0.2) is 0 Å². The molecule has 1 rings (SSSR count). The number of nitrogens with zero attached hydrogens (tertiary/aromatic N) is 2. The Kier molecular flexibility index (Phi) is 3.27. The fraction of sp³-hybridized carbons (Fsp3) is 0.625. The van der Waals surface area contributed by atoms with Crippen LogP contribution in [0.25, 0.3) is 0 Å². The number of likely N-dealkylation sites (N-methyl/N-ethyl adjacent to an activating group) is 1. The van der Waals surface area contributed by atoms with Crippen LogP contribution in [0.2, 0.25) is 0 Å². The summed E-state index contributed by atoms with van der Waals surface area (Å²) in [6.07, 6.45) is 0.961. The third-order valence-electron chi connectivity index (χ3n) is 1.57. The number of aliphatic hydroxyl groups excluding tert-OH is 2. The van der Waals surface area contributed by atoms with Crippen molar-refractivity contribution in [1.29, 1.82) is 0 Å². The standard InChI is InChI=1S/C8H14N2O3/c1-6(12)3-10(2)8-9-7(4-11)5-13-8/h5-6,11-12H,3-4H2,1-2H3. The Labute approximate surface area is 76.6 Å². The van der Waals surface area contributed by atoms with Crippen LogP contribution in [0.5, 0.6) is 0 Å². The van der Waals surface area contributed by atoms with Gasteiger partial charge >= 0.3 is 0 Å². The molecular formula is C8H14N2O3. The predicted octanol–water partition coefficient (Wildman–Crippen LogP) is -0.0161. The molecule has 1 unspecified atom stereocenters. The second-order valence-corrected chi connectivity index (χ2v) is 3.01. The summed E-state index contributed by atoms with van der Waals surface area (Å²) in [5, 5.41) is 17.8. The lowest BCUT2D eigenvalue weighted by Gasteiger charge is -2.15. The molecule has 0 radical (unpaired) electrons. The van der Waals surface area contributed by atoms with Gasteiger partial charge in [-0.2, -0.15) is 4.98 Å². The minimum Gasteiger partial charge on any atom is -0.432 e. The first kappa shape index (κ1) is 10.0. The van der Waals surface area contributed by atoms with Gasteiger partial charge in [-0.1, -0.05) is 0 Å². The smallest absolute Gasteiger partial charge is 0.297 e. The Morgan fingerprint density at radius 3 is 2.85 bits per heavy atom. The number of oxazole rings is 1. The topological polar surface area (TPSA) is 69.7 Å². The summed E-state index contributed by atoms with van der Waals surface area (Å²) in [6.45, 7) is 2.00. The SMILES string of the molecule is CC(O)CN(C)c1nc(CO)co1. The fourth-order valence-electron chi connectivity index (χ4n) is 1.02. The van der Waals surface area contributed by atoms with Gasteiger partial charge in [-0.25, -0.2) is 0 Å². The van der Waals surface area contributed by atoms with E-state index in [4.69, 9.17) is 14.6 Å². The molecule has 2 N–H and O–H groups in total. The molecular weight excluding hydrogens is 172 g/mol. The van der Waals surface area contributed by atoms with Crippen LogP contribution in [-0.2, 0) is 6.61 Å². The average molecular weight is 186 g/mol. The van der Waals surface area contributed by atoms with Crippen molar-refractivity contribution < 1.29 is 14.6 Å². The molecule has 1 aromatic heterocycles. The van der Waals surface area contributed by atoms with Crippen molar-refractivity contribution in [1.82, 2.24) is 4.98 Å². The van der Waals surface area contributed by atoms with Crippen LogP contribution in [0.1, 0.15) is 12.6 Å². The van der Waals surface area contributed by atoms with Crippen molar-refractivity contribution >= 4 is 6.01 Å². The zero-order valence-corrected chi connectivity index (χ0v) is 7.77. The monoisotopic (exact) mass is 186 g/mol. The van der Waals surface area contributed by atoms with Gasteiger partial charge < -0.3 is 19.5 Å². The molecule has 1 aromatic rings. The zero-order valence-electron chi connectivity index (χ0n) is 7.77. The fourth-order valence-corrected chi connectivity index (χ4v) is 1.02. The van der Waals surface area contributed by atoms with Gasteiger partial charge in [-0.15, -0.1) is 0 Å². The van der Waals surface area contributed by atoms with E-state index < -0.39 is 6.10 Å². The largest absolute Gasteiger partial charge is 0.432 e. The highest BCUT2D eigenvalue weighted by molar-refractivity contribution is 5.25. The summed E-state index contributed by atoms with van der Waals surface area (Å²) in [5.74, 6) is 0.